The van der Waals surface area contributed by atoms with Crippen LogP contribution in [0, 0.1) is 0 Å². The predicted octanol–water partition coefficient (Wildman–Crippen LogP) is 1.51. The van der Waals surface area contributed by atoms with Crippen molar-refractivity contribution in [2.45, 2.75) is 26.3 Å². The van der Waals surface area contributed by atoms with E-state index < -0.39 is 0 Å². The first kappa shape index (κ1) is 18.7. The molecule has 1 heterocycles. The molecular weight excluding hydrogens is 306 g/mol. The molecule has 1 aromatic carbocycles. The van der Waals surface area contributed by atoms with Gasteiger partial charge in [0.15, 0.2) is 0 Å². The van der Waals surface area contributed by atoms with Crippen molar-refractivity contribution in [3.63, 3.8) is 0 Å². The van der Waals surface area contributed by atoms with E-state index in [0.29, 0.717) is 24.1 Å². The molecule has 6 nitrogen and oxygen atoms in total. The molecule has 1 fully saturated rings. The Hall–Kier alpha value is -1.63. The molecule has 0 aromatic heterocycles. The van der Waals surface area contributed by atoms with Crippen LogP contribution in [0.5, 0.6) is 5.75 Å². The number of piperazine rings is 1. The molecule has 6 heteroatoms. The lowest BCUT2D eigenvalue weighted by Crippen LogP contribution is -2.48. The number of hydrogen-bond donors (Lipinski definition) is 2. The SMILES string of the molecule is CCOc1cc(CC(C)N2CCNCC2)ccc1NC(=O)COC. The molecule has 1 saturated heterocycles. The molecule has 1 aromatic rings. The maximum Gasteiger partial charge on any atom is 0.250 e. The average molecular weight is 335 g/mol. The Morgan fingerprint density at radius 1 is 1.38 bits per heavy atom. The van der Waals surface area contributed by atoms with Crippen LogP contribution in [0.15, 0.2) is 18.2 Å². The zero-order chi connectivity index (χ0) is 17.4. The smallest absolute Gasteiger partial charge is 0.250 e. The molecule has 2 rings (SSSR count). The normalized spacial score (nSPS) is 16.6. The lowest BCUT2D eigenvalue weighted by Gasteiger charge is -2.33. The third kappa shape index (κ3) is 5.47. The van der Waals surface area contributed by atoms with E-state index in [2.05, 4.69) is 28.5 Å². The quantitative estimate of drug-likeness (QED) is 0.754. The minimum absolute atomic E-state index is 0.0351. The first-order chi connectivity index (χ1) is 11.6. The zero-order valence-corrected chi connectivity index (χ0v) is 14.9. The first-order valence-electron chi connectivity index (χ1n) is 8.63. The van der Waals surface area contributed by atoms with Gasteiger partial charge < -0.3 is 20.1 Å². The second-order valence-electron chi connectivity index (χ2n) is 6.08. The summed E-state index contributed by atoms with van der Waals surface area (Å²) in [5.41, 5.74) is 1.91. The van der Waals surface area contributed by atoms with E-state index in [-0.39, 0.29) is 12.5 Å². The fourth-order valence-electron chi connectivity index (χ4n) is 2.98. The number of nitrogens with zero attached hydrogens (tertiary/aromatic N) is 1. The first-order valence-corrected chi connectivity index (χ1v) is 8.63. The van der Waals surface area contributed by atoms with Crippen molar-refractivity contribution in [2.75, 3.05) is 51.8 Å². The van der Waals surface area contributed by atoms with Crippen molar-refractivity contribution in [2.24, 2.45) is 0 Å². The van der Waals surface area contributed by atoms with Crippen molar-refractivity contribution in [3.8, 4) is 5.75 Å². The van der Waals surface area contributed by atoms with E-state index in [1.807, 2.05) is 19.1 Å². The highest BCUT2D eigenvalue weighted by molar-refractivity contribution is 5.93. The van der Waals surface area contributed by atoms with E-state index in [9.17, 15) is 4.79 Å². The second-order valence-corrected chi connectivity index (χ2v) is 6.08. The van der Waals surface area contributed by atoms with Crippen LogP contribution in [0.25, 0.3) is 0 Å². The molecule has 1 aliphatic rings. The van der Waals surface area contributed by atoms with Gasteiger partial charge in [-0.1, -0.05) is 6.07 Å². The van der Waals surface area contributed by atoms with Gasteiger partial charge in [-0.2, -0.15) is 0 Å². The Bertz CT molecular complexity index is 530. The number of anilines is 1. The number of benzene rings is 1. The summed E-state index contributed by atoms with van der Waals surface area (Å²) in [5, 5.41) is 6.22. The van der Waals surface area contributed by atoms with Gasteiger partial charge in [0.1, 0.15) is 12.4 Å². The van der Waals surface area contributed by atoms with Gasteiger partial charge in [0.05, 0.1) is 12.3 Å². The monoisotopic (exact) mass is 335 g/mol. The molecule has 0 aliphatic carbocycles. The van der Waals surface area contributed by atoms with Crippen LogP contribution in [-0.2, 0) is 16.0 Å². The van der Waals surface area contributed by atoms with Gasteiger partial charge >= 0.3 is 0 Å². The fraction of sp³-hybridized carbons (Fsp3) is 0.611. The Kier molecular flexibility index (Phi) is 7.49. The molecule has 0 saturated carbocycles. The number of hydrogen-bond acceptors (Lipinski definition) is 5. The summed E-state index contributed by atoms with van der Waals surface area (Å²) in [6.45, 7) is 9.08. The number of amides is 1. The summed E-state index contributed by atoms with van der Waals surface area (Å²) in [6, 6.07) is 6.49. The topological polar surface area (TPSA) is 62.8 Å². The Balaban J connectivity index is 2.04. The molecule has 0 bridgehead atoms. The van der Waals surface area contributed by atoms with Gasteiger partial charge in [0.25, 0.3) is 0 Å². The lowest BCUT2D eigenvalue weighted by molar-refractivity contribution is -0.119. The maximum atomic E-state index is 11.7. The van der Waals surface area contributed by atoms with Crippen molar-refractivity contribution < 1.29 is 14.3 Å². The molecule has 1 amide bonds. The Labute approximate surface area is 144 Å². The number of nitrogens with one attached hydrogen (secondary N) is 2. The minimum Gasteiger partial charge on any atom is -0.492 e. The van der Waals surface area contributed by atoms with Crippen LogP contribution in [0.4, 0.5) is 5.69 Å². The Morgan fingerprint density at radius 2 is 2.12 bits per heavy atom. The van der Waals surface area contributed by atoms with Crippen molar-refractivity contribution in [1.29, 1.82) is 0 Å². The third-order valence-corrected chi connectivity index (χ3v) is 4.20. The van der Waals surface area contributed by atoms with E-state index in [1.165, 1.54) is 12.7 Å². The number of rotatable bonds is 8. The molecule has 134 valence electrons. The van der Waals surface area contributed by atoms with E-state index >= 15 is 0 Å². The summed E-state index contributed by atoms with van der Waals surface area (Å²) in [7, 11) is 1.50. The molecule has 0 spiro atoms. The summed E-state index contributed by atoms with van der Waals surface area (Å²) >= 11 is 0. The highest BCUT2D eigenvalue weighted by Crippen LogP contribution is 2.27. The van der Waals surface area contributed by atoms with Crippen molar-refractivity contribution >= 4 is 11.6 Å². The second kappa shape index (κ2) is 9.61. The molecule has 0 radical (unpaired) electrons. The number of methoxy groups -OCH3 is 1. The van der Waals surface area contributed by atoms with Crippen LogP contribution in [0.3, 0.4) is 0 Å². The molecule has 2 N–H and O–H groups in total. The summed E-state index contributed by atoms with van der Waals surface area (Å²) in [4.78, 5) is 14.2. The van der Waals surface area contributed by atoms with E-state index in [1.54, 1.807) is 0 Å². The van der Waals surface area contributed by atoms with E-state index in [0.717, 1.165) is 32.6 Å². The van der Waals surface area contributed by atoms with Crippen LogP contribution in [0.2, 0.25) is 0 Å². The third-order valence-electron chi connectivity index (χ3n) is 4.20. The van der Waals surface area contributed by atoms with Gasteiger partial charge in [-0.25, -0.2) is 0 Å². The fourth-order valence-corrected chi connectivity index (χ4v) is 2.98. The number of ether oxygens (including phenoxy) is 2. The summed E-state index contributed by atoms with van der Waals surface area (Å²) in [5.74, 6) is 0.535. The van der Waals surface area contributed by atoms with Crippen molar-refractivity contribution in [1.82, 2.24) is 10.2 Å². The molecule has 1 unspecified atom stereocenters. The minimum atomic E-state index is -0.180. The van der Waals surface area contributed by atoms with Crippen LogP contribution in [-0.4, -0.2) is 63.4 Å². The maximum absolute atomic E-state index is 11.7. The molecular formula is C18H29N3O3. The van der Waals surface area contributed by atoms with E-state index in [4.69, 9.17) is 9.47 Å². The summed E-state index contributed by atoms with van der Waals surface area (Å²) in [6.07, 6.45) is 0.965. The van der Waals surface area contributed by atoms with Gasteiger partial charge in [-0.15, -0.1) is 0 Å². The summed E-state index contributed by atoms with van der Waals surface area (Å²) < 4.78 is 10.6. The Morgan fingerprint density at radius 3 is 2.79 bits per heavy atom. The molecule has 1 aliphatic heterocycles. The highest BCUT2D eigenvalue weighted by Gasteiger charge is 2.17. The van der Waals surface area contributed by atoms with Gasteiger partial charge in [-0.05, 0) is 38.0 Å². The molecule has 1 atom stereocenters. The van der Waals surface area contributed by atoms with Gasteiger partial charge in [-0.3, -0.25) is 9.69 Å². The lowest BCUT2D eigenvalue weighted by atomic mass is 10.0. The largest absolute Gasteiger partial charge is 0.492 e. The van der Waals surface area contributed by atoms with Crippen LogP contribution >= 0.6 is 0 Å². The molecule has 24 heavy (non-hydrogen) atoms. The van der Waals surface area contributed by atoms with Crippen molar-refractivity contribution in [3.05, 3.63) is 23.8 Å². The average Bonchev–Trinajstić information content (AvgIpc) is 2.58. The standard InChI is InChI=1S/C18H29N3O3/c1-4-24-17-12-15(5-6-16(17)20-18(22)13-23-3)11-14(2)21-9-7-19-8-10-21/h5-6,12,14,19H,4,7-11,13H2,1-3H3,(H,20,22). The van der Waals surface area contributed by atoms with Gasteiger partial charge in [0.2, 0.25) is 5.91 Å². The van der Waals surface area contributed by atoms with Gasteiger partial charge in [0, 0.05) is 39.3 Å². The number of carbonyl (C=O) groups excluding carboxylic acids is 1. The van der Waals surface area contributed by atoms with Crippen LogP contribution < -0.4 is 15.4 Å². The highest BCUT2D eigenvalue weighted by atomic mass is 16.5. The van der Waals surface area contributed by atoms with Crippen LogP contribution in [0.1, 0.15) is 19.4 Å². The predicted molar refractivity (Wildman–Crippen MR) is 95.7 cm³/mol. The number of carbonyl (C=O) groups is 1. The zero-order valence-electron chi connectivity index (χ0n) is 14.9.